The number of aromatic nitrogens is 3. The molecule has 0 aliphatic carbocycles. The summed E-state index contributed by atoms with van der Waals surface area (Å²) >= 11 is 0. The highest BCUT2D eigenvalue weighted by Crippen LogP contribution is 2.46. The van der Waals surface area contributed by atoms with E-state index in [0.717, 1.165) is 0 Å². The second kappa shape index (κ2) is 4.50. The van der Waals surface area contributed by atoms with Crippen molar-refractivity contribution in [2.75, 3.05) is 6.54 Å². The molecule has 1 aliphatic heterocycles. The van der Waals surface area contributed by atoms with Crippen molar-refractivity contribution in [3.63, 3.8) is 0 Å². The largest absolute Gasteiger partial charge is 0.437 e. The van der Waals surface area contributed by atoms with E-state index in [-0.39, 0.29) is 6.54 Å². The van der Waals surface area contributed by atoms with Crippen molar-refractivity contribution in [1.82, 2.24) is 20.1 Å². The van der Waals surface area contributed by atoms with E-state index in [2.05, 4.69) is 25.9 Å². The van der Waals surface area contributed by atoms with Crippen LogP contribution in [-0.4, -0.2) is 39.1 Å². The van der Waals surface area contributed by atoms with Crippen LogP contribution in [0, 0.1) is 0 Å². The fourth-order valence-corrected chi connectivity index (χ4v) is 1.84. The lowest BCUT2D eigenvalue weighted by molar-refractivity contribution is -0.164. The minimum atomic E-state index is -4.51. The zero-order valence-electron chi connectivity index (χ0n) is 10.5. The maximum absolute atomic E-state index is 12.6. The molecule has 3 heterocycles. The monoisotopic (exact) mass is 298 g/mol. The third kappa shape index (κ3) is 2.43. The fraction of sp³-hybridized carbons (Fsp3) is 0.364. The van der Waals surface area contributed by atoms with Crippen LogP contribution in [0.5, 0.6) is 0 Å². The van der Waals surface area contributed by atoms with E-state index >= 15 is 0 Å². The standard InChI is InChI=1S/C11H9F3N6O/c12-11(13,14)10(17-18-10)2-3-15-9(21)7-1-4-20-8(5-7)6-16-19-20/h1,4-6H,2-3H2,(H,15,21). The van der Waals surface area contributed by atoms with Gasteiger partial charge in [-0.2, -0.15) is 13.2 Å². The van der Waals surface area contributed by atoms with Crippen LogP contribution in [0.2, 0.25) is 0 Å². The Bertz CT molecular complexity index is 716. The summed E-state index contributed by atoms with van der Waals surface area (Å²) in [4.78, 5) is 11.9. The van der Waals surface area contributed by atoms with E-state index in [1.807, 2.05) is 0 Å². The lowest BCUT2D eigenvalue weighted by Crippen LogP contribution is -2.37. The van der Waals surface area contributed by atoms with Gasteiger partial charge in [-0.3, -0.25) is 4.79 Å². The average Bonchev–Trinajstić information content (AvgIpc) is 3.08. The Hall–Kier alpha value is -2.52. The van der Waals surface area contributed by atoms with Crippen LogP contribution in [0.1, 0.15) is 16.8 Å². The SMILES string of the molecule is O=C(NCCC1(C(F)(F)F)N=N1)c1ccn2nncc2c1. The van der Waals surface area contributed by atoms with E-state index in [1.54, 1.807) is 12.3 Å². The second-order valence-electron chi connectivity index (χ2n) is 4.54. The van der Waals surface area contributed by atoms with Crippen LogP contribution < -0.4 is 5.32 Å². The molecule has 0 spiro atoms. The predicted octanol–water partition coefficient (Wildman–Crippen LogP) is 1.57. The van der Waals surface area contributed by atoms with Crippen LogP contribution in [-0.2, 0) is 0 Å². The number of rotatable bonds is 4. The Labute approximate surface area is 115 Å². The molecule has 0 saturated heterocycles. The Balaban J connectivity index is 1.59. The molecule has 1 aliphatic rings. The number of amides is 1. The minimum absolute atomic E-state index is 0.173. The molecule has 2 aromatic heterocycles. The molecule has 0 atom stereocenters. The van der Waals surface area contributed by atoms with Crippen molar-refractivity contribution in [3.8, 4) is 0 Å². The predicted molar refractivity (Wildman–Crippen MR) is 63.6 cm³/mol. The highest BCUT2D eigenvalue weighted by atomic mass is 19.4. The Morgan fingerprint density at radius 2 is 2.14 bits per heavy atom. The van der Waals surface area contributed by atoms with Crippen LogP contribution in [0.25, 0.3) is 5.52 Å². The smallest absolute Gasteiger partial charge is 0.352 e. The van der Waals surface area contributed by atoms with Gasteiger partial charge in [-0.05, 0) is 12.1 Å². The average molecular weight is 298 g/mol. The molecule has 1 N–H and O–H groups in total. The zero-order valence-corrected chi connectivity index (χ0v) is 10.5. The molecule has 0 radical (unpaired) electrons. The van der Waals surface area contributed by atoms with Crippen molar-refractivity contribution in [1.29, 1.82) is 0 Å². The second-order valence-corrected chi connectivity index (χ2v) is 4.54. The molecule has 1 amide bonds. The summed E-state index contributed by atoms with van der Waals surface area (Å²) in [6, 6.07) is 3.04. The zero-order chi connectivity index (χ0) is 15.1. The number of hydrogen-bond donors (Lipinski definition) is 1. The molecule has 0 unspecified atom stereocenters. The molecule has 0 aromatic carbocycles. The third-order valence-electron chi connectivity index (χ3n) is 3.12. The first-order valence-electron chi connectivity index (χ1n) is 6.00. The summed E-state index contributed by atoms with van der Waals surface area (Å²) in [5.41, 5.74) is -1.41. The first kappa shape index (κ1) is 13.5. The van der Waals surface area contributed by atoms with Gasteiger partial charge in [0, 0.05) is 24.7 Å². The number of carbonyl (C=O) groups is 1. The summed E-state index contributed by atoms with van der Waals surface area (Å²) in [6.07, 6.45) is -1.91. The van der Waals surface area contributed by atoms with Crippen LogP contribution in [0.4, 0.5) is 13.2 Å². The van der Waals surface area contributed by atoms with Crippen molar-refractivity contribution in [2.45, 2.75) is 18.3 Å². The Kier molecular flexibility index (Phi) is 2.88. The first-order valence-corrected chi connectivity index (χ1v) is 6.00. The first-order chi connectivity index (χ1) is 9.91. The lowest BCUT2D eigenvalue weighted by Gasteiger charge is -2.14. The third-order valence-corrected chi connectivity index (χ3v) is 3.12. The molecule has 110 valence electrons. The summed E-state index contributed by atoms with van der Waals surface area (Å²) in [6.45, 7) is -0.173. The molecule has 21 heavy (non-hydrogen) atoms. The maximum Gasteiger partial charge on any atom is 0.437 e. The summed E-state index contributed by atoms with van der Waals surface area (Å²) in [5.74, 6) is -0.475. The van der Waals surface area contributed by atoms with Gasteiger partial charge >= 0.3 is 6.18 Å². The van der Waals surface area contributed by atoms with Crippen molar-refractivity contribution >= 4 is 11.4 Å². The molecule has 0 fully saturated rings. The highest BCUT2D eigenvalue weighted by molar-refractivity contribution is 5.95. The molecule has 2 aromatic rings. The molecule has 7 nitrogen and oxygen atoms in total. The Morgan fingerprint density at radius 1 is 1.38 bits per heavy atom. The topological polar surface area (TPSA) is 84.0 Å². The summed E-state index contributed by atoms with van der Waals surface area (Å²) in [7, 11) is 0. The summed E-state index contributed by atoms with van der Waals surface area (Å²) in [5, 5.41) is 15.9. The van der Waals surface area contributed by atoms with Gasteiger partial charge in [0.25, 0.3) is 11.6 Å². The van der Waals surface area contributed by atoms with Gasteiger partial charge in [-0.15, -0.1) is 15.3 Å². The van der Waals surface area contributed by atoms with Crippen molar-refractivity contribution < 1.29 is 18.0 Å². The number of alkyl halides is 3. The van der Waals surface area contributed by atoms with Gasteiger partial charge in [0.1, 0.15) is 0 Å². The highest BCUT2D eigenvalue weighted by Gasteiger charge is 2.63. The van der Waals surface area contributed by atoms with E-state index in [9.17, 15) is 18.0 Å². The fourth-order valence-electron chi connectivity index (χ4n) is 1.84. The van der Waals surface area contributed by atoms with Gasteiger partial charge in [-0.25, -0.2) is 4.52 Å². The van der Waals surface area contributed by atoms with E-state index < -0.39 is 24.2 Å². The summed E-state index contributed by atoms with van der Waals surface area (Å²) < 4.78 is 39.2. The molecular weight excluding hydrogens is 289 g/mol. The van der Waals surface area contributed by atoms with Gasteiger partial charge in [0.15, 0.2) is 0 Å². The van der Waals surface area contributed by atoms with Gasteiger partial charge in [0.2, 0.25) is 0 Å². The number of hydrogen-bond acceptors (Lipinski definition) is 5. The Morgan fingerprint density at radius 3 is 2.81 bits per heavy atom. The number of pyridine rings is 1. The van der Waals surface area contributed by atoms with Crippen LogP contribution >= 0.6 is 0 Å². The van der Waals surface area contributed by atoms with Crippen molar-refractivity contribution in [3.05, 3.63) is 30.1 Å². The van der Waals surface area contributed by atoms with E-state index in [1.165, 1.54) is 16.8 Å². The molecule has 3 rings (SSSR count). The number of carbonyl (C=O) groups excluding carboxylic acids is 1. The number of nitrogens with zero attached hydrogens (tertiary/aromatic N) is 5. The molecule has 10 heteroatoms. The normalized spacial score (nSPS) is 16.1. The van der Waals surface area contributed by atoms with Crippen LogP contribution in [0.3, 0.4) is 0 Å². The number of halogens is 3. The van der Waals surface area contributed by atoms with E-state index in [4.69, 9.17) is 0 Å². The lowest BCUT2D eigenvalue weighted by atomic mass is 10.1. The van der Waals surface area contributed by atoms with Crippen LogP contribution in [0.15, 0.2) is 34.8 Å². The minimum Gasteiger partial charge on any atom is -0.352 e. The van der Waals surface area contributed by atoms with Crippen molar-refractivity contribution in [2.24, 2.45) is 10.2 Å². The van der Waals surface area contributed by atoms with Gasteiger partial charge in [0.05, 0.1) is 11.7 Å². The van der Waals surface area contributed by atoms with E-state index in [0.29, 0.717) is 11.1 Å². The molecular formula is C11H9F3N6O. The quantitative estimate of drug-likeness (QED) is 0.930. The maximum atomic E-state index is 12.6. The molecule has 0 saturated carbocycles. The van der Waals surface area contributed by atoms with Gasteiger partial charge < -0.3 is 5.32 Å². The van der Waals surface area contributed by atoms with Gasteiger partial charge in [-0.1, -0.05) is 5.21 Å². The number of fused-ring (bicyclic) bond motifs is 1. The number of nitrogens with one attached hydrogen (secondary N) is 1. The molecule has 0 bridgehead atoms.